The summed E-state index contributed by atoms with van der Waals surface area (Å²) >= 11 is 0. The Morgan fingerprint density at radius 1 is 0.963 bits per heavy atom. The maximum Gasteiger partial charge on any atom is 0.241 e. The summed E-state index contributed by atoms with van der Waals surface area (Å²) in [7, 11) is 2.15. The predicted octanol–water partition coefficient (Wildman–Crippen LogP) is 3.49. The summed E-state index contributed by atoms with van der Waals surface area (Å²) in [5.41, 5.74) is 4.48. The van der Waals surface area contributed by atoms with Crippen LogP contribution in [0.1, 0.15) is 23.1 Å². The van der Waals surface area contributed by atoms with Gasteiger partial charge in [0.1, 0.15) is 0 Å². The van der Waals surface area contributed by atoms with Crippen LogP contribution in [0.3, 0.4) is 0 Å². The van der Waals surface area contributed by atoms with Crippen LogP contribution in [0, 0.1) is 13.8 Å². The number of amides is 1. The molecule has 0 spiro atoms. The van der Waals surface area contributed by atoms with Crippen molar-refractivity contribution in [2.75, 3.05) is 38.5 Å². The molecule has 0 aliphatic carbocycles. The number of carbonyl (C=O) groups excluding carboxylic acids is 1. The number of hydrogen-bond donors (Lipinski definition) is 1. The first-order valence-electron chi connectivity index (χ1n) is 9.88. The zero-order valence-electron chi connectivity index (χ0n) is 16.7. The van der Waals surface area contributed by atoms with Gasteiger partial charge in [0.25, 0.3) is 0 Å². The fourth-order valence-corrected chi connectivity index (χ4v) is 3.78. The molecule has 27 heavy (non-hydrogen) atoms. The highest BCUT2D eigenvalue weighted by Crippen LogP contribution is 2.21. The van der Waals surface area contributed by atoms with Crippen LogP contribution in [-0.4, -0.2) is 55.0 Å². The first-order valence-corrected chi connectivity index (χ1v) is 9.88. The third-order valence-corrected chi connectivity index (χ3v) is 5.56. The summed E-state index contributed by atoms with van der Waals surface area (Å²) in [5.74, 6) is 0.118. The molecule has 1 unspecified atom stereocenters. The number of anilines is 1. The molecule has 1 saturated heterocycles. The Morgan fingerprint density at radius 2 is 1.59 bits per heavy atom. The van der Waals surface area contributed by atoms with Gasteiger partial charge in [0, 0.05) is 31.9 Å². The van der Waals surface area contributed by atoms with Gasteiger partial charge < -0.3 is 10.2 Å². The van der Waals surface area contributed by atoms with Crippen molar-refractivity contribution in [3.8, 4) is 0 Å². The van der Waals surface area contributed by atoms with Crippen molar-refractivity contribution in [2.24, 2.45) is 0 Å². The Kier molecular flexibility index (Phi) is 6.64. The summed E-state index contributed by atoms with van der Waals surface area (Å²) < 4.78 is 0. The topological polar surface area (TPSA) is 35.6 Å². The van der Waals surface area contributed by atoms with Crippen LogP contribution >= 0.6 is 0 Å². The molecule has 0 saturated carbocycles. The molecule has 1 atom stereocenters. The van der Waals surface area contributed by atoms with E-state index in [0.717, 1.165) is 55.8 Å². The molecule has 0 radical (unpaired) electrons. The standard InChI is InChI=1S/C23H31N3O/c1-18-8-7-9-19(2)22(18)24-23(27)21(26-16-14-25(3)15-17-26)13-12-20-10-5-4-6-11-20/h4-11,21H,12-17H2,1-3H3,(H,24,27). The van der Waals surface area contributed by atoms with Crippen LogP contribution in [-0.2, 0) is 11.2 Å². The highest BCUT2D eigenvalue weighted by molar-refractivity contribution is 5.96. The molecule has 4 heteroatoms. The zero-order chi connectivity index (χ0) is 19.2. The van der Waals surface area contributed by atoms with Crippen molar-refractivity contribution in [3.63, 3.8) is 0 Å². The highest BCUT2D eigenvalue weighted by Gasteiger charge is 2.28. The number of carbonyl (C=O) groups is 1. The molecule has 1 aliphatic rings. The third kappa shape index (κ3) is 5.18. The van der Waals surface area contributed by atoms with Gasteiger partial charge in [0.05, 0.1) is 6.04 Å². The second-order valence-corrected chi connectivity index (χ2v) is 7.64. The number of benzene rings is 2. The van der Waals surface area contributed by atoms with Gasteiger partial charge in [-0.2, -0.15) is 0 Å². The van der Waals surface area contributed by atoms with Crippen LogP contribution in [0.5, 0.6) is 0 Å². The van der Waals surface area contributed by atoms with Gasteiger partial charge in [-0.15, -0.1) is 0 Å². The fourth-order valence-electron chi connectivity index (χ4n) is 3.78. The van der Waals surface area contributed by atoms with Gasteiger partial charge in [0.15, 0.2) is 0 Å². The Bertz CT molecular complexity index is 731. The van der Waals surface area contributed by atoms with E-state index in [-0.39, 0.29) is 11.9 Å². The molecule has 1 fully saturated rings. The summed E-state index contributed by atoms with van der Waals surface area (Å²) in [5, 5.41) is 3.23. The van der Waals surface area contributed by atoms with E-state index in [9.17, 15) is 4.79 Å². The number of nitrogens with zero attached hydrogens (tertiary/aromatic N) is 2. The first kappa shape index (κ1) is 19.6. The van der Waals surface area contributed by atoms with Crippen molar-refractivity contribution in [1.29, 1.82) is 0 Å². The van der Waals surface area contributed by atoms with Crippen LogP contribution in [0.4, 0.5) is 5.69 Å². The lowest BCUT2D eigenvalue weighted by atomic mass is 10.0. The van der Waals surface area contributed by atoms with E-state index in [2.05, 4.69) is 72.4 Å². The lowest BCUT2D eigenvalue weighted by Crippen LogP contribution is -2.53. The maximum absolute atomic E-state index is 13.3. The Labute approximate surface area is 163 Å². The van der Waals surface area contributed by atoms with Gasteiger partial charge in [-0.05, 0) is 50.4 Å². The van der Waals surface area contributed by atoms with Gasteiger partial charge in [0.2, 0.25) is 5.91 Å². The van der Waals surface area contributed by atoms with Crippen LogP contribution in [0.2, 0.25) is 0 Å². The largest absolute Gasteiger partial charge is 0.324 e. The molecule has 1 aliphatic heterocycles. The summed E-state index contributed by atoms with van der Waals surface area (Å²) in [6.07, 6.45) is 1.75. The molecule has 1 N–H and O–H groups in total. The maximum atomic E-state index is 13.3. The van der Waals surface area contributed by atoms with E-state index >= 15 is 0 Å². The minimum atomic E-state index is -0.0992. The molecule has 2 aromatic carbocycles. The quantitative estimate of drug-likeness (QED) is 0.851. The average Bonchev–Trinajstić information content (AvgIpc) is 2.67. The van der Waals surface area contributed by atoms with Crippen molar-refractivity contribution >= 4 is 11.6 Å². The fraction of sp³-hybridized carbons (Fsp3) is 0.435. The summed E-state index contributed by atoms with van der Waals surface area (Å²) in [6.45, 7) is 8.01. The van der Waals surface area contributed by atoms with Crippen molar-refractivity contribution in [3.05, 3.63) is 65.2 Å². The van der Waals surface area contributed by atoms with E-state index in [0.29, 0.717) is 0 Å². The second kappa shape index (κ2) is 9.16. The van der Waals surface area contributed by atoms with E-state index in [1.807, 2.05) is 12.1 Å². The number of nitrogens with one attached hydrogen (secondary N) is 1. The SMILES string of the molecule is Cc1cccc(C)c1NC(=O)C(CCc1ccccc1)N1CCN(C)CC1. The molecule has 1 heterocycles. The average molecular weight is 366 g/mol. The van der Waals surface area contributed by atoms with E-state index < -0.39 is 0 Å². The van der Waals surface area contributed by atoms with Crippen LogP contribution < -0.4 is 5.32 Å². The molecule has 0 aromatic heterocycles. The number of likely N-dealkylation sites (N-methyl/N-ethyl adjacent to an activating group) is 1. The Hall–Kier alpha value is -2.17. The monoisotopic (exact) mass is 365 g/mol. The zero-order valence-corrected chi connectivity index (χ0v) is 16.7. The van der Waals surface area contributed by atoms with Gasteiger partial charge in [-0.25, -0.2) is 0 Å². The smallest absolute Gasteiger partial charge is 0.241 e. The molecule has 0 bridgehead atoms. The van der Waals surface area contributed by atoms with Gasteiger partial charge >= 0.3 is 0 Å². The van der Waals surface area contributed by atoms with Crippen molar-refractivity contribution < 1.29 is 4.79 Å². The first-order chi connectivity index (χ1) is 13.0. The Morgan fingerprint density at radius 3 is 2.22 bits per heavy atom. The van der Waals surface area contributed by atoms with E-state index in [4.69, 9.17) is 0 Å². The predicted molar refractivity (Wildman–Crippen MR) is 112 cm³/mol. The minimum Gasteiger partial charge on any atom is -0.324 e. The lowest BCUT2D eigenvalue weighted by Gasteiger charge is -2.37. The Balaban J connectivity index is 1.74. The molecule has 3 rings (SSSR count). The minimum absolute atomic E-state index is 0.0992. The van der Waals surface area contributed by atoms with Crippen LogP contribution in [0.25, 0.3) is 0 Å². The highest BCUT2D eigenvalue weighted by atomic mass is 16.2. The molecular formula is C23H31N3O. The molecule has 4 nitrogen and oxygen atoms in total. The lowest BCUT2D eigenvalue weighted by molar-refractivity contribution is -0.122. The van der Waals surface area contributed by atoms with E-state index in [1.165, 1.54) is 5.56 Å². The third-order valence-electron chi connectivity index (χ3n) is 5.56. The van der Waals surface area contributed by atoms with Crippen molar-refractivity contribution in [2.45, 2.75) is 32.7 Å². The number of aryl methyl sites for hydroxylation is 3. The number of rotatable bonds is 6. The molecule has 2 aromatic rings. The normalized spacial score (nSPS) is 16.9. The van der Waals surface area contributed by atoms with Crippen molar-refractivity contribution in [1.82, 2.24) is 9.80 Å². The molecule has 1 amide bonds. The molecule has 144 valence electrons. The number of hydrogen-bond acceptors (Lipinski definition) is 3. The molecular weight excluding hydrogens is 334 g/mol. The second-order valence-electron chi connectivity index (χ2n) is 7.64. The number of piperazine rings is 1. The summed E-state index contributed by atoms with van der Waals surface area (Å²) in [4.78, 5) is 17.9. The van der Waals surface area contributed by atoms with E-state index in [1.54, 1.807) is 0 Å². The van der Waals surface area contributed by atoms with Gasteiger partial charge in [-0.3, -0.25) is 9.69 Å². The summed E-state index contributed by atoms with van der Waals surface area (Å²) in [6, 6.07) is 16.5. The van der Waals surface area contributed by atoms with Crippen LogP contribution in [0.15, 0.2) is 48.5 Å². The number of para-hydroxylation sites is 1. The van der Waals surface area contributed by atoms with Gasteiger partial charge in [-0.1, -0.05) is 48.5 Å².